The molecule has 0 amide bonds. The number of benzene rings is 1. The number of esters is 1. The fourth-order valence-electron chi connectivity index (χ4n) is 2.32. The molecule has 23 heavy (non-hydrogen) atoms. The second kappa shape index (κ2) is 12.7. The van der Waals surface area contributed by atoms with Crippen LogP contribution in [0.25, 0.3) is 6.08 Å². The highest BCUT2D eigenvalue weighted by molar-refractivity contribution is 5.92. The fraction of sp³-hybridized carbons (Fsp3) is 0.476. The van der Waals surface area contributed by atoms with Gasteiger partial charge < -0.3 is 4.74 Å². The third kappa shape index (κ3) is 9.72. The summed E-state index contributed by atoms with van der Waals surface area (Å²) < 4.78 is 5.25. The van der Waals surface area contributed by atoms with Gasteiger partial charge >= 0.3 is 5.97 Å². The molecule has 0 aromatic heterocycles. The minimum atomic E-state index is -0.319. The van der Waals surface area contributed by atoms with Gasteiger partial charge in [-0.1, -0.05) is 94.9 Å². The van der Waals surface area contributed by atoms with Gasteiger partial charge in [-0.15, -0.1) is 0 Å². The highest BCUT2D eigenvalue weighted by atomic mass is 16.5. The first-order chi connectivity index (χ1) is 11.2. The van der Waals surface area contributed by atoms with E-state index in [9.17, 15) is 4.79 Å². The predicted molar refractivity (Wildman–Crippen MR) is 98.2 cm³/mol. The van der Waals surface area contributed by atoms with Crippen molar-refractivity contribution in [1.82, 2.24) is 0 Å². The Morgan fingerprint density at radius 2 is 1.61 bits per heavy atom. The molecule has 0 fully saturated rings. The van der Waals surface area contributed by atoms with Crippen molar-refractivity contribution in [1.29, 1.82) is 0 Å². The van der Waals surface area contributed by atoms with Crippen LogP contribution in [-0.2, 0) is 9.53 Å². The molecule has 0 unspecified atom stereocenters. The molecule has 1 aromatic rings. The Hall–Kier alpha value is -1.83. The van der Waals surface area contributed by atoms with Crippen LogP contribution in [0.1, 0.15) is 63.9 Å². The lowest BCUT2D eigenvalue weighted by molar-refractivity contribution is -0.138. The number of rotatable bonds is 12. The largest absolute Gasteiger partial charge is 0.462 e. The molecule has 0 aliphatic carbocycles. The molecular weight excluding hydrogens is 284 g/mol. The van der Waals surface area contributed by atoms with Gasteiger partial charge in [0.25, 0.3) is 0 Å². The molecule has 2 nitrogen and oxygen atoms in total. The third-order valence-electron chi connectivity index (χ3n) is 3.77. The van der Waals surface area contributed by atoms with Crippen LogP contribution in [0.4, 0.5) is 0 Å². The molecule has 0 aliphatic heterocycles. The van der Waals surface area contributed by atoms with Gasteiger partial charge in [0.2, 0.25) is 0 Å². The van der Waals surface area contributed by atoms with Gasteiger partial charge in [-0.3, -0.25) is 0 Å². The van der Waals surface area contributed by atoms with Gasteiger partial charge in [0.15, 0.2) is 0 Å². The summed E-state index contributed by atoms with van der Waals surface area (Å²) in [6.45, 7) is 6.49. The maximum absolute atomic E-state index is 11.8. The molecular formula is C21H30O2. The van der Waals surface area contributed by atoms with E-state index in [2.05, 4.69) is 13.5 Å². The topological polar surface area (TPSA) is 26.3 Å². The zero-order chi connectivity index (χ0) is 16.8. The van der Waals surface area contributed by atoms with Crippen LogP contribution in [0.5, 0.6) is 0 Å². The molecule has 0 saturated heterocycles. The van der Waals surface area contributed by atoms with E-state index in [4.69, 9.17) is 4.74 Å². The summed E-state index contributed by atoms with van der Waals surface area (Å²) in [5, 5.41) is 0. The summed E-state index contributed by atoms with van der Waals surface area (Å²) in [5.41, 5.74) is 1.44. The Labute approximate surface area is 141 Å². The molecule has 0 heterocycles. The molecule has 0 spiro atoms. The first-order valence-corrected chi connectivity index (χ1v) is 8.83. The molecule has 0 bridgehead atoms. The number of ether oxygens (including phenoxy) is 1. The third-order valence-corrected chi connectivity index (χ3v) is 3.77. The van der Waals surface area contributed by atoms with E-state index in [1.165, 1.54) is 38.5 Å². The Morgan fingerprint density at radius 1 is 1.00 bits per heavy atom. The van der Waals surface area contributed by atoms with Crippen molar-refractivity contribution in [3.05, 3.63) is 54.1 Å². The van der Waals surface area contributed by atoms with Crippen LogP contribution >= 0.6 is 0 Å². The first-order valence-electron chi connectivity index (χ1n) is 8.83. The van der Waals surface area contributed by atoms with Crippen molar-refractivity contribution in [2.75, 3.05) is 6.61 Å². The highest BCUT2D eigenvalue weighted by Gasteiger charge is 2.04. The van der Waals surface area contributed by atoms with Gasteiger partial charge in [0, 0.05) is 0 Å². The summed E-state index contributed by atoms with van der Waals surface area (Å²) in [6.07, 6.45) is 13.5. The molecule has 0 aliphatic rings. The fourth-order valence-corrected chi connectivity index (χ4v) is 2.32. The van der Waals surface area contributed by atoms with Gasteiger partial charge in [-0.25, -0.2) is 4.79 Å². The van der Waals surface area contributed by atoms with E-state index in [0.717, 1.165) is 18.4 Å². The zero-order valence-corrected chi connectivity index (χ0v) is 14.4. The van der Waals surface area contributed by atoms with Crippen molar-refractivity contribution >= 4 is 12.0 Å². The standard InChI is InChI=1S/C21H30O2/c1-3-4-5-6-7-8-9-13-18-23-21(22)19(2)16-17-20-14-11-10-12-15-20/h10-12,14-17H,2-9,13,18H2,1H3. The molecule has 0 atom stereocenters. The monoisotopic (exact) mass is 314 g/mol. The summed E-state index contributed by atoms with van der Waals surface area (Å²) in [6, 6.07) is 9.85. The second-order valence-electron chi connectivity index (χ2n) is 5.88. The van der Waals surface area contributed by atoms with Gasteiger partial charge in [-0.2, -0.15) is 0 Å². The smallest absolute Gasteiger partial charge is 0.337 e. The average Bonchev–Trinajstić information content (AvgIpc) is 2.59. The molecule has 1 rings (SSSR count). The maximum atomic E-state index is 11.8. The Kier molecular flexibility index (Phi) is 10.6. The minimum Gasteiger partial charge on any atom is -0.462 e. The summed E-state index contributed by atoms with van der Waals surface area (Å²) >= 11 is 0. The van der Waals surface area contributed by atoms with Gasteiger partial charge in [0.05, 0.1) is 12.2 Å². The van der Waals surface area contributed by atoms with E-state index in [0.29, 0.717) is 12.2 Å². The highest BCUT2D eigenvalue weighted by Crippen LogP contribution is 2.09. The average molecular weight is 314 g/mol. The van der Waals surface area contributed by atoms with Crippen LogP contribution in [0, 0.1) is 0 Å². The summed E-state index contributed by atoms with van der Waals surface area (Å²) in [7, 11) is 0. The lowest BCUT2D eigenvalue weighted by atomic mass is 10.1. The van der Waals surface area contributed by atoms with Crippen LogP contribution < -0.4 is 0 Å². The number of hydrogen-bond acceptors (Lipinski definition) is 2. The quantitative estimate of drug-likeness (QED) is 0.206. The van der Waals surface area contributed by atoms with Crippen molar-refractivity contribution in [3.8, 4) is 0 Å². The van der Waals surface area contributed by atoms with E-state index in [1.807, 2.05) is 36.4 Å². The lowest BCUT2D eigenvalue weighted by Crippen LogP contribution is -2.06. The number of unbranched alkanes of at least 4 members (excludes halogenated alkanes) is 7. The molecule has 1 aromatic carbocycles. The summed E-state index contributed by atoms with van der Waals surface area (Å²) in [5.74, 6) is -0.319. The van der Waals surface area contributed by atoms with E-state index in [-0.39, 0.29) is 5.97 Å². The van der Waals surface area contributed by atoms with Crippen LogP contribution in [0.15, 0.2) is 48.6 Å². The normalized spacial score (nSPS) is 10.8. The molecule has 0 radical (unpaired) electrons. The molecule has 126 valence electrons. The Bertz CT molecular complexity index is 474. The number of carbonyl (C=O) groups is 1. The Morgan fingerprint density at radius 3 is 2.26 bits per heavy atom. The molecule has 0 saturated carbocycles. The zero-order valence-electron chi connectivity index (χ0n) is 14.4. The van der Waals surface area contributed by atoms with E-state index < -0.39 is 0 Å². The number of carbonyl (C=O) groups excluding carboxylic acids is 1. The van der Waals surface area contributed by atoms with E-state index in [1.54, 1.807) is 6.08 Å². The van der Waals surface area contributed by atoms with Crippen LogP contribution in [0.3, 0.4) is 0 Å². The molecule has 0 N–H and O–H groups in total. The number of hydrogen-bond donors (Lipinski definition) is 0. The maximum Gasteiger partial charge on any atom is 0.337 e. The van der Waals surface area contributed by atoms with Crippen molar-refractivity contribution in [2.45, 2.75) is 58.3 Å². The van der Waals surface area contributed by atoms with Gasteiger partial charge in [0.1, 0.15) is 0 Å². The van der Waals surface area contributed by atoms with Gasteiger partial charge in [-0.05, 0) is 18.1 Å². The second-order valence-corrected chi connectivity index (χ2v) is 5.88. The predicted octanol–water partition coefficient (Wildman–Crippen LogP) is 5.94. The minimum absolute atomic E-state index is 0.319. The van der Waals surface area contributed by atoms with Crippen LogP contribution in [-0.4, -0.2) is 12.6 Å². The SMILES string of the molecule is C=C(C=Cc1ccccc1)C(=O)OCCCCCCCCCC. The Balaban J connectivity index is 2.07. The van der Waals surface area contributed by atoms with Crippen molar-refractivity contribution < 1.29 is 9.53 Å². The summed E-state index contributed by atoms with van der Waals surface area (Å²) in [4.78, 5) is 11.8. The van der Waals surface area contributed by atoms with Crippen LogP contribution in [0.2, 0.25) is 0 Å². The van der Waals surface area contributed by atoms with E-state index >= 15 is 0 Å². The lowest BCUT2D eigenvalue weighted by Gasteiger charge is -2.05. The first kappa shape index (κ1) is 19.2. The van der Waals surface area contributed by atoms with Crippen molar-refractivity contribution in [2.24, 2.45) is 0 Å². The molecule has 2 heteroatoms. The van der Waals surface area contributed by atoms with Crippen molar-refractivity contribution in [3.63, 3.8) is 0 Å².